The van der Waals surface area contributed by atoms with E-state index in [1.165, 1.54) is 0 Å². The topological polar surface area (TPSA) is 67.2 Å². The summed E-state index contributed by atoms with van der Waals surface area (Å²) in [5.41, 5.74) is 1.69. The lowest BCUT2D eigenvalue weighted by atomic mass is 10.1. The van der Waals surface area contributed by atoms with E-state index >= 15 is 0 Å². The highest BCUT2D eigenvalue weighted by Crippen LogP contribution is 2.25. The van der Waals surface area contributed by atoms with Gasteiger partial charge in [-0.25, -0.2) is 0 Å². The molecule has 1 fully saturated rings. The zero-order valence-corrected chi connectivity index (χ0v) is 14.8. The van der Waals surface area contributed by atoms with Crippen LogP contribution < -0.4 is 5.32 Å². The van der Waals surface area contributed by atoms with Crippen LogP contribution in [0.4, 0.5) is 0 Å². The molecule has 0 saturated heterocycles. The Bertz CT molecular complexity index is 780. The first-order valence-corrected chi connectivity index (χ1v) is 9.35. The first-order valence-electron chi connectivity index (χ1n) is 9.35. The van der Waals surface area contributed by atoms with Crippen LogP contribution in [0.1, 0.15) is 41.7 Å². The zero-order valence-electron chi connectivity index (χ0n) is 14.8. The fourth-order valence-electron chi connectivity index (χ4n) is 4.02. The second-order valence-corrected chi connectivity index (χ2v) is 7.22. The normalized spacial score (nSPS) is 20.2. The molecule has 2 aliphatic rings. The quantitative estimate of drug-likeness (QED) is 0.897. The predicted molar refractivity (Wildman–Crippen MR) is 97.3 cm³/mol. The summed E-state index contributed by atoms with van der Waals surface area (Å²) >= 11 is 0. The minimum Gasteiger partial charge on any atom is -0.354 e. The van der Waals surface area contributed by atoms with Crippen molar-refractivity contribution in [2.24, 2.45) is 5.92 Å². The van der Waals surface area contributed by atoms with E-state index in [0.29, 0.717) is 25.3 Å². The molecule has 4 rings (SSSR count). The third kappa shape index (κ3) is 3.36. The van der Waals surface area contributed by atoms with E-state index in [-0.39, 0.29) is 23.8 Å². The average molecular weight is 352 g/mol. The Morgan fingerprint density at radius 1 is 1.23 bits per heavy atom. The Kier molecular flexibility index (Phi) is 4.73. The number of nitrogens with zero attached hydrogens (tertiary/aromatic N) is 3. The van der Waals surface area contributed by atoms with Gasteiger partial charge < -0.3 is 14.8 Å². The van der Waals surface area contributed by atoms with Crippen LogP contribution in [-0.2, 0) is 17.9 Å². The number of nitrogens with one attached hydrogen (secondary N) is 1. The van der Waals surface area contributed by atoms with Gasteiger partial charge >= 0.3 is 0 Å². The molecule has 26 heavy (non-hydrogen) atoms. The van der Waals surface area contributed by atoms with Crippen molar-refractivity contribution in [3.05, 3.63) is 54.1 Å². The lowest BCUT2D eigenvalue weighted by molar-refractivity contribution is -0.125. The molecule has 1 aliphatic heterocycles. The van der Waals surface area contributed by atoms with Gasteiger partial charge in [0.1, 0.15) is 5.69 Å². The molecule has 0 aromatic carbocycles. The average Bonchev–Trinajstić information content (AvgIpc) is 3.35. The summed E-state index contributed by atoms with van der Waals surface area (Å²) in [6, 6.07) is 7.54. The van der Waals surface area contributed by atoms with Gasteiger partial charge in [0, 0.05) is 44.1 Å². The number of aromatic nitrogens is 2. The van der Waals surface area contributed by atoms with Crippen molar-refractivity contribution in [3.63, 3.8) is 0 Å². The van der Waals surface area contributed by atoms with Crippen molar-refractivity contribution in [2.75, 3.05) is 6.54 Å². The van der Waals surface area contributed by atoms with Gasteiger partial charge in [-0.15, -0.1) is 0 Å². The minimum absolute atomic E-state index is 0.00483. The van der Waals surface area contributed by atoms with E-state index in [1.54, 1.807) is 12.4 Å². The molecule has 2 aromatic rings. The predicted octanol–water partition coefficient (Wildman–Crippen LogP) is 2.21. The maximum absolute atomic E-state index is 13.0. The van der Waals surface area contributed by atoms with Crippen LogP contribution in [0, 0.1) is 5.92 Å². The molecular formula is C20H24N4O2. The van der Waals surface area contributed by atoms with Crippen LogP contribution in [-0.4, -0.2) is 38.9 Å². The van der Waals surface area contributed by atoms with Crippen LogP contribution in [0.3, 0.4) is 0 Å². The minimum atomic E-state index is -0.0621. The first kappa shape index (κ1) is 16.8. The Morgan fingerprint density at radius 2 is 2.08 bits per heavy atom. The molecule has 1 aliphatic carbocycles. The number of fused-ring (bicyclic) bond motifs is 1. The summed E-state index contributed by atoms with van der Waals surface area (Å²) in [5, 5.41) is 3.09. The van der Waals surface area contributed by atoms with Gasteiger partial charge in [0.2, 0.25) is 5.91 Å². The van der Waals surface area contributed by atoms with E-state index in [1.807, 2.05) is 39.9 Å². The Hall–Kier alpha value is -2.63. The molecule has 1 atom stereocenters. The standard InChI is InChI=1S/C20H24N4O2/c25-19(16-6-1-2-7-16)22-12-17-14-23-10-4-8-18(23)20(26)24(17)13-15-5-3-9-21-11-15/h3-5,8-11,16-17H,1-2,6-7,12-14H2,(H,22,25). The molecule has 2 amide bonds. The molecule has 0 radical (unpaired) electrons. The summed E-state index contributed by atoms with van der Waals surface area (Å²) in [4.78, 5) is 31.4. The maximum Gasteiger partial charge on any atom is 0.271 e. The fourth-order valence-corrected chi connectivity index (χ4v) is 4.02. The maximum atomic E-state index is 13.0. The smallest absolute Gasteiger partial charge is 0.271 e. The lowest BCUT2D eigenvalue weighted by Gasteiger charge is -2.37. The van der Waals surface area contributed by atoms with Gasteiger partial charge in [0.15, 0.2) is 0 Å². The molecule has 1 unspecified atom stereocenters. The molecule has 6 nitrogen and oxygen atoms in total. The molecular weight excluding hydrogens is 328 g/mol. The van der Waals surface area contributed by atoms with Crippen LogP contribution >= 0.6 is 0 Å². The van der Waals surface area contributed by atoms with Crippen molar-refractivity contribution >= 4 is 11.8 Å². The van der Waals surface area contributed by atoms with E-state index in [9.17, 15) is 9.59 Å². The third-order valence-corrected chi connectivity index (χ3v) is 5.47. The second-order valence-electron chi connectivity index (χ2n) is 7.22. The number of carbonyl (C=O) groups excluding carboxylic acids is 2. The van der Waals surface area contributed by atoms with Crippen LogP contribution in [0.15, 0.2) is 42.9 Å². The summed E-state index contributed by atoms with van der Waals surface area (Å²) in [6.45, 7) is 1.68. The van der Waals surface area contributed by atoms with Crippen molar-refractivity contribution in [3.8, 4) is 0 Å². The number of carbonyl (C=O) groups is 2. The summed E-state index contributed by atoms with van der Waals surface area (Å²) in [6.07, 6.45) is 9.69. The number of rotatable bonds is 5. The zero-order chi connectivity index (χ0) is 17.9. The largest absolute Gasteiger partial charge is 0.354 e. The molecule has 136 valence electrons. The molecule has 1 N–H and O–H groups in total. The van der Waals surface area contributed by atoms with Gasteiger partial charge in [-0.05, 0) is 36.6 Å². The highest BCUT2D eigenvalue weighted by Gasteiger charge is 2.33. The van der Waals surface area contributed by atoms with Gasteiger partial charge in [-0.3, -0.25) is 14.6 Å². The summed E-state index contributed by atoms with van der Waals surface area (Å²) < 4.78 is 1.98. The van der Waals surface area contributed by atoms with Gasteiger partial charge in [0.25, 0.3) is 5.91 Å². The summed E-state index contributed by atoms with van der Waals surface area (Å²) in [7, 11) is 0. The van der Waals surface area contributed by atoms with E-state index in [2.05, 4.69) is 10.3 Å². The van der Waals surface area contributed by atoms with Crippen LogP contribution in [0.25, 0.3) is 0 Å². The molecule has 3 heterocycles. The van der Waals surface area contributed by atoms with Crippen molar-refractivity contribution in [1.29, 1.82) is 0 Å². The Morgan fingerprint density at radius 3 is 2.85 bits per heavy atom. The van der Waals surface area contributed by atoms with Crippen LogP contribution in [0.2, 0.25) is 0 Å². The van der Waals surface area contributed by atoms with Gasteiger partial charge in [-0.2, -0.15) is 0 Å². The van der Waals surface area contributed by atoms with Crippen molar-refractivity contribution in [2.45, 2.75) is 44.8 Å². The Labute approximate surface area is 153 Å². The van der Waals surface area contributed by atoms with Crippen molar-refractivity contribution in [1.82, 2.24) is 19.8 Å². The second kappa shape index (κ2) is 7.32. The fraction of sp³-hybridized carbons (Fsp3) is 0.450. The highest BCUT2D eigenvalue weighted by atomic mass is 16.2. The number of hydrogen-bond acceptors (Lipinski definition) is 3. The molecule has 1 saturated carbocycles. The number of hydrogen-bond donors (Lipinski definition) is 1. The van der Waals surface area contributed by atoms with Crippen molar-refractivity contribution < 1.29 is 9.59 Å². The SMILES string of the molecule is O=C(NCC1Cn2cccc2C(=O)N1Cc1cccnc1)C1CCCC1. The molecule has 6 heteroatoms. The van der Waals surface area contributed by atoms with Crippen LogP contribution in [0.5, 0.6) is 0 Å². The van der Waals surface area contributed by atoms with E-state index in [4.69, 9.17) is 0 Å². The molecule has 0 bridgehead atoms. The highest BCUT2D eigenvalue weighted by molar-refractivity contribution is 5.93. The molecule has 0 spiro atoms. The van der Waals surface area contributed by atoms with Gasteiger partial charge in [-0.1, -0.05) is 18.9 Å². The molecule has 2 aromatic heterocycles. The third-order valence-electron chi connectivity index (χ3n) is 5.47. The number of pyridine rings is 1. The van der Waals surface area contributed by atoms with Gasteiger partial charge in [0.05, 0.1) is 6.04 Å². The number of amides is 2. The van der Waals surface area contributed by atoms with E-state index < -0.39 is 0 Å². The first-order chi connectivity index (χ1) is 12.7. The lowest BCUT2D eigenvalue weighted by Crippen LogP contribution is -2.52. The monoisotopic (exact) mass is 352 g/mol. The van der Waals surface area contributed by atoms with E-state index in [0.717, 1.165) is 31.2 Å². The Balaban J connectivity index is 1.50. The summed E-state index contributed by atoms with van der Waals surface area (Å²) in [5.74, 6) is 0.281.